The van der Waals surface area contributed by atoms with Crippen molar-refractivity contribution in [3.8, 4) is 17.0 Å². The quantitative estimate of drug-likeness (QED) is 0.923. The zero-order chi connectivity index (χ0) is 15.5. The van der Waals surface area contributed by atoms with Crippen LogP contribution < -0.4 is 0 Å². The molecule has 0 atom stereocenters. The molecule has 1 aliphatic rings. The highest BCUT2D eigenvalue weighted by Crippen LogP contribution is 2.24. The van der Waals surface area contributed by atoms with Gasteiger partial charge in [-0.2, -0.15) is 0 Å². The molecule has 1 N–H and O–H groups in total. The van der Waals surface area contributed by atoms with E-state index in [-0.39, 0.29) is 11.8 Å². The lowest BCUT2D eigenvalue weighted by Gasteiger charge is -2.31. The molecule has 5 heteroatoms. The predicted molar refractivity (Wildman–Crippen MR) is 84.8 cm³/mol. The zero-order valence-corrected chi connectivity index (χ0v) is 12.8. The molecular weight excluding hydrogens is 278 g/mol. The predicted octanol–water partition coefficient (Wildman–Crippen LogP) is 3.49. The van der Waals surface area contributed by atoms with E-state index >= 15 is 0 Å². The van der Waals surface area contributed by atoms with Crippen molar-refractivity contribution in [2.24, 2.45) is 0 Å². The Balaban J connectivity index is 1.76. The fraction of sp³-hybridized carbons (Fsp3) is 0.412. The van der Waals surface area contributed by atoms with Crippen molar-refractivity contribution >= 4 is 6.03 Å². The van der Waals surface area contributed by atoms with Gasteiger partial charge in [0.1, 0.15) is 12.1 Å². The van der Waals surface area contributed by atoms with E-state index < -0.39 is 0 Å². The fourth-order valence-electron chi connectivity index (χ4n) is 3.05. The van der Waals surface area contributed by atoms with Gasteiger partial charge >= 0.3 is 6.03 Å². The van der Waals surface area contributed by atoms with Gasteiger partial charge in [0.05, 0.1) is 5.69 Å². The molecule has 1 aliphatic carbocycles. The topological polar surface area (TPSA) is 58.4 Å². The van der Waals surface area contributed by atoms with E-state index in [0.29, 0.717) is 11.7 Å². The standard InChI is InChI=1S/C17H21N3O2/c1-19(14-7-3-2-4-8-14)17(22)20-11-16(18-12-20)13-6-5-9-15(21)10-13/h5-6,9-12,14,21H,2-4,7-8H2,1H3. The molecule has 3 rings (SSSR count). The van der Waals surface area contributed by atoms with Crippen molar-refractivity contribution in [2.75, 3.05) is 7.05 Å². The number of nitrogens with zero attached hydrogens (tertiary/aromatic N) is 3. The molecule has 0 saturated heterocycles. The minimum absolute atomic E-state index is 0.0502. The highest BCUT2D eigenvalue weighted by Gasteiger charge is 2.23. The van der Waals surface area contributed by atoms with Gasteiger partial charge in [0.25, 0.3) is 0 Å². The first-order chi connectivity index (χ1) is 10.6. The third-order valence-electron chi connectivity index (χ3n) is 4.37. The Labute approximate surface area is 130 Å². The Morgan fingerprint density at radius 3 is 2.82 bits per heavy atom. The summed E-state index contributed by atoms with van der Waals surface area (Å²) >= 11 is 0. The third kappa shape index (κ3) is 2.98. The molecule has 2 aromatic rings. The number of aromatic nitrogens is 2. The normalized spacial score (nSPS) is 15.7. The van der Waals surface area contributed by atoms with Gasteiger partial charge in [0.2, 0.25) is 0 Å². The Hall–Kier alpha value is -2.30. The molecule has 0 radical (unpaired) electrons. The van der Waals surface area contributed by atoms with Gasteiger partial charge in [-0.1, -0.05) is 31.4 Å². The van der Waals surface area contributed by atoms with Gasteiger partial charge in [-0.05, 0) is 25.0 Å². The monoisotopic (exact) mass is 299 g/mol. The highest BCUT2D eigenvalue weighted by atomic mass is 16.3. The second kappa shape index (κ2) is 6.22. The summed E-state index contributed by atoms with van der Waals surface area (Å²) in [4.78, 5) is 18.7. The van der Waals surface area contributed by atoms with Crippen molar-refractivity contribution in [3.05, 3.63) is 36.8 Å². The second-order valence-corrected chi connectivity index (χ2v) is 5.90. The van der Waals surface area contributed by atoms with Crippen LogP contribution in [-0.2, 0) is 0 Å². The number of hydrogen-bond donors (Lipinski definition) is 1. The maximum Gasteiger partial charge on any atom is 0.329 e. The van der Waals surface area contributed by atoms with E-state index in [0.717, 1.165) is 18.4 Å². The molecule has 1 aromatic heterocycles. The van der Waals surface area contributed by atoms with Gasteiger partial charge in [-0.3, -0.25) is 4.57 Å². The molecule has 116 valence electrons. The van der Waals surface area contributed by atoms with E-state index in [9.17, 15) is 9.90 Å². The molecule has 0 unspecified atom stereocenters. The summed E-state index contributed by atoms with van der Waals surface area (Å²) < 4.78 is 1.52. The summed E-state index contributed by atoms with van der Waals surface area (Å²) in [5, 5.41) is 9.54. The van der Waals surface area contributed by atoms with Crippen molar-refractivity contribution in [2.45, 2.75) is 38.1 Å². The van der Waals surface area contributed by atoms with E-state index in [4.69, 9.17) is 0 Å². The SMILES string of the molecule is CN(C(=O)n1cnc(-c2cccc(O)c2)c1)C1CCCCC1. The van der Waals surface area contributed by atoms with E-state index in [2.05, 4.69) is 4.98 Å². The first-order valence-electron chi connectivity index (χ1n) is 7.76. The second-order valence-electron chi connectivity index (χ2n) is 5.90. The van der Waals surface area contributed by atoms with Crippen molar-refractivity contribution in [1.82, 2.24) is 14.5 Å². The van der Waals surface area contributed by atoms with E-state index in [1.807, 2.05) is 18.0 Å². The molecule has 1 aromatic carbocycles. The Bertz CT molecular complexity index is 659. The Morgan fingerprint density at radius 1 is 1.32 bits per heavy atom. The zero-order valence-electron chi connectivity index (χ0n) is 12.8. The molecule has 5 nitrogen and oxygen atoms in total. The van der Waals surface area contributed by atoms with Crippen LogP contribution in [0.15, 0.2) is 36.8 Å². The average Bonchev–Trinajstić information content (AvgIpc) is 3.04. The van der Waals surface area contributed by atoms with Crippen LogP contribution in [0.3, 0.4) is 0 Å². The van der Waals surface area contributed by atoms with Gasteiger partial charge in [-0.15, -0.1) is 0 Å². The van der Waals surface area contributed by atoms with Gasteiger partial charge < -0.3 is 10.0 Å². The molecule has 1 heterocycles. The van der Waals surface area contributed by atoms with Crippen LogP contribution in [0.5, 0.6) is 5.75 Å². The molecule has 1 amide bonds. The molecular formula is C17H21N3O2. The van der Waals surface area contributed by atoms with Gasteiger partial charge in [0, 0.05) is 24.8 Å². The maximum absolute atomic E-state index is 12.6. The van der Waals surface area contributed by atoms with Crippen LogP contribution >= 0.6 is 0 Å². The first kappa shape index (κ1) is 14.6. The molecule has 0 bridgehead atoms. The molecule has 1 fully saturated rings. The largest absolute Gasteiger partial charge is 0.508 e. The van der Waals surface area contributed by atoms with Gasteiger partial charge in [-0.25, -0.2) is 9.78 Å². The summed E-state index contributed by atoms with van der Waals surface area (Å²) in [6, 6.07) is 7.16. The average molecular weight is 299 g/mol. The van der Waals surface area contributed by atoms with Crippen LogP contribution in [0.4, 0.5) is 4.79 Å². The smallest absolute Gasteiger partial charge is 0.329 e. The fourth-order valence-corrected chi connectivity index (χ4v) is 3.05. The van der Waals surface area contributed by atoms with Crippen LogP contribution in [0.25, 0.3) is 11.3 Å². The van der Waals surface area contributed by atoms with Crippen molar-refractivity contribution < 1.29 is 9.90 Å². The summed E-state index contributed by atoms with van der Waals surface area (Å²) in [5.74, 6) is 0.192. The van der Waals surface area contributed by atoms with Crippen LogP contribution in [0.2, 0.25) is 0 Å². The van der Waals surface area contributed by atoms with E-state index in [1.54, 1.807) is 30.7 Å². The first-order valence-corrected chi connectivity index (χ1v) is 7.76. The summed E-state index contributed by atoms with van der Waals surface area (Å²) in [6.45, 7) is 0. The number of hydrogen-bond acceptors (Lipinski definition) is 3. The Kier molecular flexibility index (Phi) is 4.13. The highest BCUT2D eigenvalue weighted by molar-refractivity contribution is 5.78. The van der Waals surface area contributed by atoms with E-state index in [1.165, 1.54) is 23.8 Å². The van der Waals surface area contributed by atoms with Crippen LogP contribution in [-0.4, -0.2) is 38.7 Å². The molecule has 0 aliphatic heterocycles. The van der Waals surface area contributed by atoms with Crippen molar-refractivity contribution in [3.63, 3.8) is 0 Å². The number of carbonyl (C=O) groups excluding carboxylic acids is 1. The number of amides is 1. The number of rotatable bonds is 2. The lowest BCUT2D eigenvalue weighted by Crippen LogP contribution is -2.40. The van der Waals surface area contributed by atoms with Crippen LogP contribution in [0.1, 0.15) is 32.1 Å². The third-order valence-corrected chi connectivity index (χ3v) is 4.37. The number of benzene rings is 1. The summed E-state index contributed by atoms with van der Waals surface area (Å²) in [6.07, 6.45) is 9.08. The van der Waals surface area contributed by atoms with Crippen molar-refractivity contribution in [1.29, 1.82) is 0 Å². The number of phenols is 1. The van der Waals surface area contributed by atoms with Gasteiger partial charge in [0.15, 0.2) is 0 Å². The lowest BCUT2D eigenvalue weighted by atomic mass is 9.95. The maximum atomic E-state index is 12.6. The number of aromatic hydroxyl groups is 1. The molecule has 1 saturated carbocycles. The number of phenolic OH excluding ortho intramolecular Hbond substituents is 1. The minimum atomic E-state index is -0.0502. The lowest BCUT2D eigenvalue weighted by molar-refractivity contribution is 0.175. The summed E-state index contributed by atoms with van der Waals surface area (Å²) in [5.41, 5.74) is 1.48. The van der Waals surface area contributed by atoms with Crippen LogP contribution in [0, 0.1) is 0 Å². The molecule has 22 heavy (non-hydrogen) atoms. The Morgan fingerprint density at radius 2 is 2.09 bits per heavy atom. The number of carbonyl (C=O) groups is 1. The summed E-state index contributed by atoms with van der Waals surface area (Å²) in [7, 11) is 1.87. The minimum Gasteiger partial charge on any atom is -0.508 e. The molecule has 0 spiro atoms. The number of imidazole rings is 1.